The number of carbonyl (C=O) groups excluding carboxylic acids is 3. The van der Waals surface area contributed by atoms with Gasteiger partial charge in [0, 0.05) is 18.5 Å². The van der Waals surface area contributed by atoms with E-state index in [1.54, 1.807) is 29.7 Å². The van der Waals surface area contributed by atoms with Gasteiger partial charge in [0.25, 0.3) is 5.91 Å². The van der Waals surface area contributed by atoms with Crippen molar-refractivity contribution in [3.05, 3.63) is 59.7 Å². The van der Waals surface area contributed by atoms with Gasteiger partial charge in [-0.1, -0.05) is 24.3 Å². The van der Waals surface area contributed by atoms with E-state index in [1.165, 1.54) is 0 Å². The Morgan fingerprint density at radius 1 is 1.13 bits per heavy atom. The highest BCUT2D eigenvalue weighted by molar-refractivity contribution is 6.03. The van der Waals surface area contributed by atoms with E-state index in [0.717, 1.165) is 11.3 Å². The van der Waals surface area contributed by atoms with Crippen LogP contribution in [0.15, 0.2) is 48.5 Å². The average Bonchev–Trinajstić information content (AvgIpc) is 2.72. The van der Waals surface area contributed by atoms with Crippen LogP contribution in [-0.4, -0.2) is 34.6 Å². The van der Waals surface area contributed by atoms with Crippen LogP contribution in [0.1, 0.15) is 49.5 Å². The van der Waals surface area contributed by atoms with Crippen molar-refractivity contribution < 1.29 is 24.3 Å². The van der Waals surface area contributed by atoms with Gasteiger partial charge in [-0.15, -0.1) is 0 Å². The van der Waals surface area contributed by atoms with E-state index in [9.17, 15) is 14.4 Å². The summed E-state index contributed by atoms with van der Waals surface area (Å²) in [5.41, 5.74) is 3.78. The summed E-state index contributed by atoms with van der Waals surface area (Å²) in [6.07, 6.45) is 0.420. The molecule has 0 bridgehead atoms. The SMILES string of the molecule is CC(C)(C)OC(=O)CC[C@@H]1C(=O)Nc2ccccc2N1Cc1ccc(C(=O)NO)cc1. The van der Waals surface area contributed by atoms with Crippen LogP contribution in [-0.2, 0) is 20.9 Å². The number of amides is 2. The van der Waals surface area contributed by atoms with Crippen molar-refractivity contribution in [1.29, 1.82) is 0 Å². The first-order valence-corrected chi connectivity index (χ1v) is 10.1. The minimum absolute atomic E-state index is 0.115. The lowest BCUT2D eigenvalue weighted by Crippen LogP contribution is -2.48. The summed E-state index contributed by atoms with van der Waals surface area (Å²) in [6.45, 7) is 5.83. The lowest BCUT2D eigenvalue weighted by atomic mass is 10.0. The van der Waals surface area contributed by atoms with E-state index in [-0.39, 0.29) is 18.3 Å². The summed E-state index contributed by atoms with van der Waals surface area (Å²) >= 11 is 0. The number of para-hydroxylation sites is 2. The van der Waals surface area contributed by atoms with Crippen molar-refractivity contribution >= 4 is 29.2 Å². The van der Waals surface area contributed by atoms with Crippen molar-refractivity contribution in [3.8, 4) is 0 Å². The van der Waals surface area contributed by atoms with Crippen LogP contribution in [0.2, 0.25) is 0 Å². The zero-order valence-corrected chi connectivity index (χ0v) is 17.8. The Labute approximate surface area is 181 Å². The highest BCUT2D eigenvalue weighted by Gasteiger charge is 2.33. The third kappa shape index (κ3) is 5.61. The second kappa shape index (κ2) is 9.18. The zero-order chi connectivity index (χ0) is 22.6. The molecule has 0 fully saturated rings. The second-order valence-electron chi connectivity index (χ2n) is 8.41. The monoisotopic (exact) mass is 425 g/mol. The van der Waals surface area contributed by atoms with Gasteiger partial charge in [0.05, 0.1) is 11.4 Å². The normalized spacial score (nSPS) is 15.7. The molecule has 31 heavy (non-hydrogen) atoms. The number of nitrogens with zero attached hydrogens (tertiary/aromatic N) is 1. The maximum absolute atomic E-state index is 12.9. The van der Waals surface area contributed by atoms with Crippen LogP contribution in [0.25, 0.3) is 0 Å². The molecule has 1 aliphatic rings. The van der Waals surface area contributed by atoms with Crippen molar-refractivity contribution in [2.45, 2.75) is 51.8 Å². The lowest BCUT2D eigenvalue weighted by molar-refractivity contribution is -0.155. The molecule has 0 aromatic heterocycles. The van der Waals surface area contributed by atoms with Crippen molar-refractivity contribution in [2.75, 3.05) is 10.2 Å². The number of nitrogens with one attached hydrogen (secondary N) is 2. The first-order chi connectivity index (χ1) is 14.7. The molecule has 164 valence electrons. The third-order valence-corrected chi connectivity index (χ3v) is 4.86. The van der Waals surface area contributed by atoms with E-state index in [2.05, 4.69) is 5.32 Å². The van der Waals surface area contributed by atoms with Crippen LogP contribution in [0.3, 0.4) is 0 Å². The predicted molar refractivity (Wildman–Crippen MR) is 116 cm³/mol. The fourth-order valence-corrected chi connectivity index (χ4v) is 3.51. The maximum Gasteiger partial charge on any atom is 0.306 e. The molecule has 0 unspecified atom stereocenters. The van der Waals surface area contributed by atoms with Gasteiger partial charge in [-0.3, -0.25) is 19.6 Å². The Hall–Kier alpha value is -3.39. The van der Waals surface area contributed by atoms with E-state index >= 15 is 0 Å². The fraction of sp³-hybridized carbons (Fsp3) is 0.348. The topological polar surface area (TPSA) is 108 Å². The molecule has 0 aliphatic carbocycles. The molecule has 0 saturated heterocycles. The molecule has 8 nitrogen and oxygen atoms in total. The zero-order valence-electron chi connectivity index (χ0n) is 17.8. The molecule has 0 spiro atoms. The van der Waals surface area contributed by atoms with Crippen LogP contribution >= 0.6 is 0 Å². The molecule has 1 aliphatic heterocycles. The van der Waals surface area contributed by atoms with Crippen LogP contribution in [0, 0.1) is 0 Å². The number of benzene rings is 2. The van der Waals surface area contributed by atoms with Crippen molar-refractivity contribution in [3.63, 3.8) is 0 Å². The number of esters is 1. The highest BCUT2D eigenvalue weighted by Crippen LogP contribution is 2.34. The summed E-state index contributed by atoms with van der Waals surface area (Å²) in [5, 5.41) is 11.7. The van der Waals surface area contributed by atoms with E-state index in [4.69, 9.17) is 9.94 Å². The molecule has 3 N–H and O–H groups in total. The Bertz CT molecular complexity index is 966. The summed E-state index contributed by atoms with van der Waals surface area (Å²) in [5.74, 6) is -1.12. The molecular formula is C23H27N3O5. The van der Waals surface area contributed by atoms with Crippen LogP contribution < -0.4 is 15.7 Å². The molecule has 0 saturated carbocycles. The smallest absolute Gasteiger partial charge is 0.306 e. The third-order valence-electron chi connectivity index (χ3n) is 4.86. The Morgan fingerprint density at radius 2 is 1.81 bits per heavy atom. The summed E-state index contributed by atoms with van der Waals surface area (Å²) in [4.78, 5) is 38.6. The summed E-state index contributed by atoms with van der Waals surface area (Å²) in [7, 11) is 0. The minimum atomic E-state index is -0.593. The van der Waals surface area contributed by atoms with E-state index in [1.807, 2.05) is 49.9 Å². The van der Waals surface area contributed by atoms with Gasteiger partial charge < -0.3 is 15.0 Å². The average molecular weight is 425 g/mol. The molecule has 2 aromatic carbocycles. The van der Waals surface area contributed by atoms with Gasteiger partial charge >= 0.3 is 5.97 Å². The van der Waals surface area contributed by atoms with Gasteiger partial charge in [-0.2, -0.15) is 0 Å². The Morgan fingerprint density at radius 3 is 2.45 bits per heavy atom. The predicted octanol–water partition coefficient (Wildman–Crippen LogP) is 3.25. The first kappa shape index (κ1) is 22.3. The summed E-state index contributed by atoms with van der Waals surface area (Å²) in [6, 6.07) is 13.7. The largest absolute Gasteiger partial charge is 0.460 e. The number of anilines is 2. The van der Waals surface area contributed by atoms with Gasteiger partial charge in [-0.05, 0) is 57.0 Å². The number of rotatable bonds is 6. The molecule has 2 aromatic rings. The molecule has 3 rings (SSSR count). The van der Waals surface area contributed by atoms with Gasteiger partial charge in [-0.25, -0.2) is 5.48 Å². The number of hydrogen-bond donors (Lipinski definition) is 3. The molecule has 0 radical (unpaired) electrons. The number of carbonyl (C=O) groups is 3. The van der Waals surface area contributed by atoms with Gasteiger partial charge in [0.1, 0.15) is 11.6 Å². The van der Waals surface area contributed by atoms with Gasteiger partial charge in [0.15, 0.2) is 0 Å². The second-order valence-corrected chi connectivity index (χ2v) is 8.41. The molecule has 2 amide bonds. The van der Waals surface area contributed by atoms with Crippen LogP contribution in [0.5, 0.6) is 0 Å². The standard InChI is InChI=1S/C23H27N3O5/c1-23(2,3)31-20(27)13-12-19-22(29)24-17-6-4-5-7-18(17)26(19)14-15-8-10-16(11-9-15)21(28)25-30/h4-11,19,30H,12-14H2,1-3H3,(H,24,29)(H,25,28)/t19-/m1/s1. The first-order valence-electron chi connectivity index (χ1n) is 10.1. The quantitative estimate of drug-likeness (QED) is 0.373. The highest BCUT2D eigenvalue weighted by atomic mass is 16.6. The van der Waals surface area contributed by atoms with Crippen molar-refractivity contribution in [2.24, 2.45) is 0 Å². The molecular weight excluding hydrogens is 398 g/mol. The molecule has 8 heteroatoms. The Kier molecular flexibility index (Phi) is 6.60. The number of fused-ring (bicyclic) bond motifs is 1. The number of hydrogen-bond acceptors (Lipinski definition) is 6. The van der Waals surface area contributed by atoms with Crippen molar-refractivity contribution in [1.82, 2.24) is 5.48 Å². The maximum atomic E-state index is 12.9. The molecule has 1 atom stereocenters. The van der Waals surface area contributed by atoms with E-state index in [0.29, 0.717) is 24.2 Å². The Balaban J connectivity index is 1.82. The number of ether oxygens (including phenoxy) is 1. The van der Waals surface area contributed by atoms with Crippen LogP contribution in [0.4, 0.5) is 11.4 Å². The lowest BCUT2D eigenvalue weighted by Gasteiger charge is -2.38. The fourth-order valence-electron chi connectivity index (χ4n) is 3.51. The number of hydroxylamine groups is 1. The minimum Gasteiger partial charge on any atom is -0.460 e. The summed E-state index contributed by atoms with van der Waals surface area (Å²) < 4.78 is 5.39. The van der Waals surface area contributed by atoms with Gasteiger partial charge in [0.2, 0.25) is 5.91 Å². The molecule has 1 heterocycles. The van der Waals surface area contributed by atoms with E-state index < -0.39 is 17.6 Å².